The highest BCUT2D eigenvalue weighted by molar-refractivity contribution is 6.41. The number of H-pyrrole nitrogens is 1. The van der Waals surface area contributed by atoms with Gasteiger partial charge in [-0.2, -0.15) is 0 Å². The van der Waals surface area contributed by atoms with Crippen LogP contribution in [0.2, 0.25) is 0 Å². The number of hydrogen-bond acceptors (Lipinski definition) is 13. The first kappa shape index (κ1) is 49.7. The van der Waals surface area contributed by atoms with Crippen LogP contribution in [0.3, 0.4) is 0 Å². The molecule has 0 saturated heterocycles. The van der Waals surface area contributed by atoms with E-state index in [1.165, 1.54) is 32.1 Å². The maximum absolute atomic E-state index is 13.4. The SMILES string of the molecule is CCCCc1ccc(-c2ccc(C(=O)N[C@H](CO)C(=O)N[C@H](C)C(=O)NCC(=O)N(C)[C@@H](Cc3cnc[nH]3)C(=O)N[C@@H](N)C(=O)N[C@@H](CC(N)=O)C(=O)NCB(O)O)cc2)cc1. The summed E-state index contributed by atoms with van der Waals surface area (Å²) in [5.41, 5.74) is 14.7. The van der Waals surface area contributed by atoms with Crippen molar-refractivity contribution in [2.75, 3.05) is 26.6 Å². The Labute approximate surface area is 357 Å². The van der Waals surface area contributed by atoms with Crippen LogP contribution in [-0.2, 0) is 46.4 Å². The third-order valence-electron chi connectivity index (χ3n) is 9.43. The number of unbranched alkanes of at least 4 members (excludes halogenated alkanes) is 1. The monoisotopic (exact) mass is 863 g/mol. The number of primary amides is 1. The van der Waals surface area contributed by atoms with Gasteiger partial charge in [-0.15, -0.1) is 0 Å². The number of aliphatic hydroxyl groups is 1. The number of carbonyl (C=O) groups is 8. The van der Waals surface area contributed by atoms with Gasteiger partial charge in [0.05, 0.1) is 32.3 Å². The zero-order chi connectivity index (χ0) is 45.9. The predicted molar refractivity (Wildman–Crippen MR) is 223 cm³/mol. The van der Waals surface area contributed by atoms with Crippen LogP contribution in [0, 0.1) is 0 Å². The van der Waals surface area contributed by atoms with E-state index in [0.717, 1.165) is 35.3 Å². The molecule has 22 nitrogen and oxygen atoms in total. The van der Waals surface area contributed by atoms with Crippen molar-refractivity contribution >= 4 is 54.4 Å². The lowest BCUT2D eigenvalue weighted by atomic mass is 9.92. The maximum atomic E-state index is 13.4. The fourth-order valence-corrected chi connectivity index (χ4v) is 5.80. The Balaban J connectivity index is 1.57. The second-order valence-corrected chi connectivity index (χ2v) is 14.3. The Morgan fingerprint density at radius 1 is 0.823 bits per heavy atom. The number of aromatic amines is 1. The van der Waals surface area contributed by atoms with Gasteiger partial charge in [0.25, 0.3) is 11.8 Å². The number of nitrogens with one attached hydrogen (secondary N) is 7. The molecule has 0 radical (unpaired) electrons. The van der Waals surface area contributed by atoms with Crippen molar-refractivity contribution in [2.24, 2.45) is 11.5 Å². The van der Waals surface area contributed by atoms with Gasteiger partial charge in [0.2, 0.25) is 35.4 Å². The van der Waals surface area contributed by atoms with Gasteiger partial charge in [-0.25, -0.2) is 4.98 Å². The lowest BCUT2D eigenvalue weighted by Gasteiger charge is -2.29. The molecule has 1 aromatic heterocycles. The van der Waals surface area contributed by atoms with Crippen molar-refractivity contribution in [3.05, 3.63) is 77.9 Å². The molecule has 14 N–H and O–H groups in total. The Kier molecular flexibility index (Phi) is 19.7. The van der Waals surface area contributed by atoms with Gasteiger partial charge in [-0.3, -0.25) is 38.4 Å². The summed E-state index contributed by atoms with van der Waals surface area (Å²) >= 11 is 0. The molecule has 0 aliphatic carbocycles. The molecule has 0 aliphatic rings. The highest BCUT2D eigenvalue weighted by Gasteiger charge is 2.32. The second-order valence-electron chi connectivity index (χ2n) is 14.3. The van der Waals surface area contributed by atoms with E-state index in [2.05, 4.69) is 60.9 Å². The van der Waals surface area contributed by atoms with Crippen molar-refractivity contribution in [1.29, 1.82) is 0 Å². The van der Waals surface area contributed by atoms with Gasteiger partial charge in [0.15, 0.2) is 6.17 Å². The molecule has 334 valence electrons. The van der Waals surface area contributed by atoms with Gasteiger partial charge >= 0.3 is 7.12 Å². The Morgan fingerprint density at radius 3 is 2.03 bits per heavy atom. The van der Waals surface area contributed by atoms with Crippen LogP contribution in [0.1, 0.15) is 54.7 Å². The van der Waals surface area contributed by atoms with Gasteiger partial charge in [-0.1, -0.05) is 49.7 Å². The number of imidazole rings is 1. The molecular formula is C39H54BN11O11. The molecule has 0 bridgehead atoms. The zero-order valence-corrected chi connectivity index (χ0v) is 34.6. The van der Waals surface area contributed by atoms with Crippen molar-refractivity contribution in [3.8, 4) is 11.1 Å². The molecule has 2 aromatic carbocycles. The highest BCUT2D eigenvalue weighted by atomic mass is 16.4. The highest BCUT2D eigenvalue weighted by Crippen LogP contribution is 2.21. The molecule has 0 aliphatic heterocycles. The van der Waals surface area contributed by atoms with Crippen LogP contribution in [0.4, 0.5) is 0 Å². The van der Waals surface area contributed by atoms with Crippen LogP contribution in [-0.4, -0.2) is 141 Å². The molecule has 5 atom stereocenters. The Morgan fingerprint density at radius 2 is 1.47 bits per heavy atom. The number of rotatable bonds is 24. The number of amides is 8. The molecule has 62 heavy (non-hydrogen) atoms. The first-order valence-electron chi connectivity index (χ1n) is 19.6. The largest absolute Gasteiger partial charge is 0.472 e. The van der Waals surface area contributed by atoms with Crippen LogP contribution in [0.25, 0.3) is 11.1 Å². The molecule has 1 heterocycles. The molecule has 8 amide bonds. The summed E-state index contributed by atoms with van der Waals surface area (Å²) in [7, 11) is -0.692. The predicted octanol–water partition coefficient (Wildman–Crippen LogP) is -3.91. The van der Waals surface area contributed by atoms with E-state index in [1.807, 2.05) is 12.1 Å². The Hall–Kier alpha value is -6.69. The number of aryl methyl sites for hydroxylation is 1. The minimum absolute atomic E-state index is 0.176. The van der Waals surface area contributed by atoms with Gasteiger partial charge in [-0.05, 0) is 48.6 Å². The van der Waals surface area contributed by atoms with E-state index in [9.17, 15) is 43.5 Å². The van der Waals surface area contributed by atoms with Crippen molar-refractivity contribution in [1.82, 2.24) is 46.8 Å². The zero-order valence-electron chi connectivity index (χ0n) is 34.6. The minimum atomic E-state index is -1.93. The van der Waals surface area contributed by atoms with E-state index in [1.54, 1.807) is 24.3 Å². The Bertz CT molecular complexity index is 2000. The van der Waals surface area contributed by atoms with E-state index in [4.69, 9.17) is 21.5 Å². The number of likely N-dealkylation sites (N-methyl/N-ethyl adjacent to an activating group) is 1. The average Bonchev–Trinajstić information content (AvgIpc) is 3.77. The topological polar surface area (TPSA) is 353 Å². The first-order chi connectivity index (χ1) is 29.4. The molecule has 0 unspecified atom stereocenters. The summed E-state index contributed by atoms with van der Waals surface area (Å²) in [6, 6.07) is 9.21. The van der Waals surface area contributed by atoms with E-state index < -0.39 is 111 Å². The molecule has 0 saturated carbocycles. The van der Waals surface area contributed by atoms with Crippen LogP contribution < -0.4 is 43.4 Å². The third-order valence-corrected chi connectivity index (χ3v) is 9.43. The standard InChI is InChI=1S/C39H54BN11O11/c1-4-5-6-23-7-9-24(10-8-23)25-11-13-26(14-12-25)35(56)49-29(19-52)37(58)47-22(2)34(55)44-18-32(54)51(3)30(15-27-17-43-21-46-27)38(59)50-33(42)39(60)48-28(16-31(41)53)36(57)45-20-40(61)62/h7-14,17,21-22,28-30,33,52,61-62H,4-6,15-16,18-20,42H2,1-3H3,(H2,41,53)(H,43,46)(H,44,55)(H,45,57)(H,47,58)(H,48,60)(H,49,56)(H,50,59)/t22-,28+,29-,30+,33-/m1/s1. The quantitative estimate of drug-likeness (QED) is 0.0303. The van der Waals surface area contributed by atoms with Crippen molar-refractivity contribution in [3.63, 3.8) is 0 Å². The van der Waals surface area contributed by atoms with Gasteiger partial charge < -0.3 is 68.4 Å². The fourth-order valence-electron chi connectivity index (χ4n) is 5.80. The minimum Gasteiger partial charge on any atom is -0.426 e. The average molecular weight is 864 g/mol. The molecule has 0 spiro atoms. The molecule has 3 aromatic rings. The number of nitrogens with two attached hydrogens (primary N) is 2. The molecular weight excluding hydrogens is 809 g/mol. The maximum Gasteiger partial charge on any atom is 0.472 e. The first-order valence-corrected chi connectivity index (χ1v) is 19.6. The van der Waals surface area contributed by atoms with Gasteiger partial charge in [0.1, 0.15) is 24.2 Å². The van der Waals surface area contributed by atoms with Crippen LogP contribution >= 0.6 is 0 Å². The van der Waals surface area contributed by atoms with Crippen molar-refractivity contribution < 1.29 is 53.5 Å². The number of carbonyl (C=O) groups excluding carboxylic acids is 8. The number of aliphatic hydroxyl groups excluding tert-OH is 1. The summed E-state index contributed by atoms with van der Waals surface area (Å²) in [5.74, 6) is -7.23. The smallest absolute Gasteiger partial charge is 0.426 e. The number of nitrogens with zero attached hydrogens (tertiary/aromatic N) is 2. The summed E-state index contributed by atoms with van der Waals surface area (Å²) in [6.07, 6.45) is 2.55. The van der Waals surface area contributed by atoms with Crippen molar-refractivity contribution in [2.45, 2.75) is 76.3 Å². The lowest BCUT2D eigenvalue weighted by Crippen LogP contribution is -2.61. The fraction of sp³-hybridized carbons (Fsp3) is 0.410. The third kappa shape index (κ3) is 15.7. The molecule has 23 heteroatoms. The number of aromatic nitrogens is 2. The summed E-state index contributed by atoms with van der Waals surface area (Å²) < 4.78 is 0. The number of hydrogen-bond donors (Lipinski definition) is 12. The summed E-state index contributed by atoms with van der Waals surface area (Å²) in [4.78, 5) is 110. The summed E-state index contributed by atoms with van der Waals surface area (Å²) in [5, 5.41) is 41.6. The van der Waals surface area contributed by atoms with Gasteiger partial charge in [0, 0.05) is 30.9 Å². The van der Waals surface area contributed by atoms with Crippen LogP contribution in [0.5, 0.6) is 0 Å². The number of benzene rings is 2. The normalized spacial score (nSPS) is 13.2. The van der Waals surface area contributed by atoms with E-state index >= 15 is 0 Å². The molecule has 0 fully saturated rings. The lowest BCUT2D eigenvalue weighted by molar-refractivity contribution is -0.140. The second kappa shape index (κ2) is 24.5. The van der Waals surface area contributed by atoms with Crippen LogP contribution in [0.15, 0.2) is 61.1 Å². The van der Waals surface area contributed by atoms with E-state index in [0.29, 0.717) is 5.69 Å². The van der Waals surface area contributed by atoms with E-state index in [-0.39, 0.29) is 12.0 Å². The molecule has 3 rings (SSSR count). The summed E-state index contributed by atoms with van der Waals surface area (Å²) in [6.45, 7) is 1.99.